The molecule has 2 rings (SSSR count). The third-order valence-electron chi connectivity index (χ3n) is 4.01. The van der Waals surface area contributed by atoms with Gasteiger partial charge in [0, 0.05) is 5.02 Å². The van der Waals surface area contributed by atoms with Crippen LogP contribution in [-0.4, -0.2) is 36.4 Å². The largest absolute Gasteiger partial charge is 0.466 e. The smallest absolute Gasteiger partial charge is 0.336 e. The van der Waals surface area contributed by atoms with Crippen molar-refractivity contribution >= 4 is 23.5 Å². The van der Waals surface area contributed by atoms with Gasteiger partial charge in [-0.15, -0.1) is 0 Å². The highest BCUT2D eigenvalue weighted by atomic mass is 35.5. The predicted molar refractivity (Wildman–Crippen MR) is 87.3 cm³/mol. The highest BCUT2D eigenvalue weighted by molar-refractivity contribution is 6.30. The molecule has 1 N–H and O–H groups in total. The third kappa shape index (κ3) is 3.02. The van der Waals surface area contributed by atoms with E-state index >= 15 is 0 Å². The Balaban J connectivity index is 2.74. The Morgan fingerprint density at radius 3 is 1.79 bits per heavy atom. The van der Waals surface area contributed by atoms with E-state index in [-0.39, 0.29) is 22.5 Å². The van der Waals surface area contributed by atoms with E-state index < -0.39 is 17.9 Å². The van der Waals surface area contributed by atoms with Crippen molar-refractivity contribution in [1.29, 1.82) is 0 Å². The summed E-state index contributed by atoms with van der Waals surface area (Å²) < 4.78 is 9.69. The summed E-state index contributed by atoms with van der Waals surface area (Å²) in [6, 6.07) is 6.76. The van der Waals surface area contributed by atoms with Gasteiger partial charge in [-0.25, -0.2) is 14.7 Å². The summed E-state index contributed by atoms with van der Waals surface area (Å²) in [5, 5.41) is 11.6. The number of carbonyl (C=O) groups excluding carboxylic acids is 2. The molecule has 1 aromatic rings. The van der Waals surface area contributed by atoms with E-state index in [9.17, 15) is 14.8 Å². The molecule has 24 heavy (non-hydrogen) atoms. The van der Waals surface area contributed by atoms with Crippen LogP contribution in [0.4, 0.5) is 0 Å². The van der Waals surface area contributed by atoms with Crippen LogP contribution in [0, 0.1) is 0 Å². The molecule has 0 aromatic heterocycles. The molecule has 1 aliphatic heterocycles. The van der Waals surface area contributed by atoms with E-state index in [4.69, 9.17) is 21.1 Å². The number of hydrogen-bond acceptors (Lipinski definition) is 6. The maximum Gasteiger partial charge on any atom is 0.336 e. The first-order chi connectivity index (χ1) is 11.3. The summed E-state index contributed by atoms with van der Waals surface area (Å²) >= 11 is 5.93. The van der Waals surface area contributed by atoms with E-state index in [0.29, 0.717) is 10.6 Å². The number of hydroxylamine groups is 2. The van der Waals surface area contributed by atoms with Gasteiger partial charge in [-0.05, 0) is 31.5 Å². The Hall–Kier alpha value is -2.31. The van der Waals surface area contributed by atoms with E-state index in [2.05, 4.69) is 0 Å². The quantitative estimate of drug-likeness (QED) is 0.843. The Morgan fingerprint density at radius 1 is 1.00 bits per heavy atom. The van der Waals surface area contributed by atoms with Crippen LogP contribution in [0.25, 0.3) is 0 Å². The zero-order chi connectivity index (χ0) is 18.0. The fraction of sp³-hybridized carbons (Fsp3) is 0.294. The van der Waals surface area contributed by atoms with Crippen molar-refractivity contribution in [2.75, 3.05) is 14.2 Å². The summed E-state index contributed by atoms with van der Waals surface area (Å²) in [6.45, 7) is 3.15. The van der Waals surface area contributed by atoms with Crippen LogP contribution in [0.15, 0.2) is 46.8 Å². The molecule has 0 amide bonds. The fourth-order valence-electron chi connectivity index (χ4n) is 2.78. The van der Waals surface area contributed by atoms with E-state index in [0.717, 1.165) is 5.06 Å². The number of methoxy groups -OCH3 is 2. The SMILES string of the molecule is COC(=O)C1=C(C)N(O)C(C)=C(C(=O)OC)C1c1ccc(Cl)cc1. The van der Waals surface area contributed by atoms with Crippen molar-refractivity contribution in [1.82, 2.24) is 5.06 Å². The zero-order valence-corrected chi connectivity index (χ0v) is 14.5. The highest BCUT2D eigenvalue weighted by Crippen LogP contribution is 2.42. The molecule has 6 nitrogen and oxygen atoms in total. The first-order valence-electron chi connectivity index (χ1n) is 7.16. The van der Waals surface area contributed by atoms with Crippen molar-refractivity contribution in [2.45, 2.75) is 19.8 Å². The van der Waals surface area contributed by atoms with Gasteiger partial charge in [-0.1, -0.05) is 23.7 Å². The summed E-state index contributed by atoms with van der Waals surface area (Å²) in [4.78, 5) is 24.6. The molecule has 0 unspecified atom stereocenters. The lowest BCUT2D eigenvalue weighted by Crippen LogP contribution is -2.33. The third-order valence-corrected chi connectivity index (χ3v) is 4.26. The maximum absolute atomic E-state index is 12.3. The van der Waals surface area contributed by atoms with Crippen LogP contribution in [0.3, 0.4) is 0 Å². The number of benzene rings is 1. The number of esters is 2. The Bertz CT molecular complexity index is 696. The fourth-order valence-corrected chi connectivity index (χ4v) is 2.91. The van der Waals surface area contributed by atoms with Crippen molar-refractivity contribution in [3.63, 3.8) is 0 Å². The molecular weight excluding hydrogens is 334 g/mol. The van der Waals surface area contributed by atoms with E-state index in [1.807, 2.05) is 0 Å². The first kappa shape index (κ1) is 18.0. The topological polar surface area (TPSA) is 76.1 Å². The van der Waals surface area contributed by atoms with Crippen LogP contribution < -0.4 is 0 Å². The maximum atomic E-state index is 12.3. The van der Waals surface area contributed by atoms with Crippen LogP contribution in [0.5, 0.6) is 0 Å². The molecule has 0 spiro atoms. The molecule has 0 saturated carbocycles. The number of ether oxygens (including phenoxy) is 2. The molecule has 0 atom stereocenters. The molecule has 1 aromatic carbocycles. The predicted octanol–water partition coefficient (Wildman–Crippen LogP) is 3.02. The van der Waals surface area contributed by atoms with Gasteiger partial charge in [0.1, 0.15) is 0 Å². The van der Waals surface area contributed by atoms with Gasteiger partial charge in [0.15, 0.2) is 0 Å². The van der Waals surface area contributed by atoms with E-state index in [1.54, 1.807) is 38.1 Å². The molecule has 0 bridgehead atoms. The molecule has 0 radical (unpaired) electrons. The lowest BCUT2D eigenvalue weighted by molar-refractivity contribution is -0.138. The van der Waals surface area contributed by atoms with Crippen molar-refractivity contribution in [2.24, 2.45) is 0 Å². The Morgan fingerprint density at radius 2 is 1.42 bits per heavy atom. The van der Waals surface area contributed by atoms with Crippen molar-refractivity contribution in [3.05, 3.63) is 57.4 Å². The zero-order valence-electron chi connectivity index (χ0n) is 13.8. The minimum absolute atomic E-state index is 0.160. The van der Waals surface area contributed by atoms with Crippen molar-refractivity contribution in [3.8, 4) is 0 Å². The normalized spacial score (nSPS) is 15.7. The summed E-state index contributed by atoms with van der Waals surface area (Å²) in [6.07, 6.45) is 0. The van der Waals surface area contributed by atoms with Gasteiger partial charge in [-0.3, -0.25) is 5.21 Å². The summed E-state index contributed by atoms with van der Waals surface area (Å²) in [5.41, 5.74) is 1.55. The van der Waals surface area contributed by atoms with E-state index in [1.165, 1.54) is 14.2 Å². The first-order valence-corrected chi connectivity index (χ1v) is 7.53. The standard InChI is InChI=1S/C17H18ClNO5/c1-9-13(16(20)23-3)15(11-5-7-12(18)8-6-11)14(17(21)24-4)10(2)19(9)22/h5-8,15,22H,1-4H3. The number of carbonyl (C=O) groups is 2. The average molecular weight is 352 g/mol. The number of halogens is 1. The summed E-state index contributed by atoms with van der Waals surface area (Å²) in [7, 11) is 2.48. The molecular formula is C17H18ClNO5. The van der Waals surface area contributed by atoms with Gasteiger partial charge in [0.05, 0.1) is 42.7 Å². The van der Waals surface area contributed by atoms with Gasteiger partial charge >= 0.3 is 11.9 Å². The number of rotatable bonds is 3. The van der Waals surface area contributed by atoms with Crippen LogP contribution >= 0.6 is 11.6 Å². The van der Waals surface area contributed by atoms with Gasteiger partial charge < -0.3 is 9.47 Å². The van der Waals surface area contributed by atoms with Crippen LogP contribution in [-0.2, 0) is 19.1 Å². The number of nitrogens with zero attached hydrogens (tertiary/aromatic N) is 1. The molecule has 0 saturated heterocycles. The Labute approximate surface area is 144 Å². The van der Waals surface area contributed by atoms with Crippen LogP contribution in [0.1, 0.15) is 25.3 Å². The lowest BCUT2D eigenvalue weighted by atomic mass is 9.80. The lowest BCUT2D eigenvalue weighted by Gasteiger charge is -2.33. The van der Waals surface area contributed by atoms with Crippen molar-refractivity contribution < 1.29 is 24.3 Å². The van der Waals surface area contributed by atoms with Gasteiger partial charge in [-0.2, -0.15) is 0 Å². The average Bonchev–Trinajstić information content (AvgIpc) is 2.59. The second kappa shape index (κ2) is 7.07. The number of allylic oxidation sites excluding steroid dienone is 2. The highest BCUT2D eigenvalue weighted by Gasteiger charge is 2.40. The molecule has 7 heteroatoms. The molecule has 0 fully saturated rings. The van der Waals surface area contributed by atoms with Gasteiger partial charge in [0.2, 0.25) is 0 Å². The monoisotopic (exact) mass is 351 g/mol. The molecule has 1 heterocycles. The van der Waals surface area contributed by atoms with Crippen LogP contribution in [0.2, 0.25) is 5.02 Å². The molecule has 128 valence electrons. The van der Waals surface area contributed by atoms with Gasteiger partial charge in [0.25, 0.3) is 0 Å². The minimum Gasteiger partial charge on any atom is -0.466 e. The second-order valence-electron chi connectivity index (χ2n) is 5.28. The minimum atomic E-state index is -0.731. The Kier molecular flexibility index (Phi) is 5.31. The number of hydrogen-bond donors (Lipinski definition) is 1. The summed E-state index contributed by atoms with van der Waals surface area (Å²) in [5.74, 6) is -2.01. The molecule has 1 aliphatic rings. The second-order valence-corrected chi connectivity index (χ2v) is 5.71. The molecule has 0 aliphatic carbocycles.